The van der Waals surface area contributed by atoms with Crippen LogP contribution in [0.3, 0.4) is 0 Å². The predicted molar refractivity (Wildman–Crippen MR) is 227 cm³/mol. The first kappa shape index (κ1) is 47.3. The van der Waals surface area contributed by atoms with Crippen LogP contribution in [0.1, 0.15) is 47.9 Å². The van der Waals surface area contributed by atoms with E-state index >= 15 is 0 Å². The SMILES string of the molecule is O=C(NC[C@H]1O[C@H](O[C@H]2[C@H](O)[C@@H](O[C@H]3O[C@H](CO)[C@@H](O)[C@H](NC(=O)c4ccccc4)[C@H]3O)[C@H](NC(=O)c3ccccc3)C[C@@H]2NC(=O)c2ccccc2)[C@H](O)[C@@H](O)[C@@H]1O)c1ccccc1. The van der Waals surface area contributed by atoms with Crippen LogP contribution in [-0.4, -0.2) is 164 Å². The summed E-state index contributed by atoms with van der Waals surface area (Å²) in [6.45, 7) is -1.17. The Balaban J connectivity index is 1.20. The second-order valence-corrected chi connectivity index (χ2v) is 16.0. The molecule has 4 amide bonds. The van der Waals surface area contributed by atoms with Gasteiger partial charge in [-0.1, -0.05) is 72.8 Å². The van der Waals surface area contributed by atoms with Gasteiger partial charge in [0.2, 0.25) is 0 Å². The lowest BCUT2D eigenvalue weighted by Gasteiger charge is -2.49. The number of carbonyl (C=O) groups is 4. The van der Waals surface area contributed by atoms with E-state index in [-0.39, 0.29) is 29.7 Å². The second kappa shape index (κ2) is 21.5. The van der Waals surface area contributed by atoms with Crippen molar-refractivity contribution in [3.05, 3.63) is 144 Å². The van der Waals surface area contributed by atoms with Gasteiger partial charge in [0.05, 0.1) is 24.7 Å². The standard InChI is InChI=1S/C46H52N4O15/c51-23-31-33(52)32(50-44(61)27-19-11-4-12-20-27)35(54)45(63-31)64-39-28(48-42(59)25-15-7-2-8-16-25)21-29(49-43(60)26-17-9-3-10-18-26)40(38(39)57)65-46-37(56)36(55)34(53)30(62-46)22-47-41(58)24-13-5-1-6-14-24/h1-20,28-40,45-46,51-57H,21-23H2,(H,47,58)(H,48,59)(H,49,60)(H,50,61)/t28-,29+,30-,31-,32+,33-,34-,35-,36+,37-,38-,39+,40-,45-,46-/m1/s1. The smallest absolute Gasteiger partial charge is 0.251 e. The van der Waals surface area contributed by atoms with Crippen molar-refractivity contribution in [2.24, 2.45) is 0 Å². The number of ether oxygens (including phenoxy) is 4. The minimum absolute atomic E-state index is 0.192. The fraction of sp³-hybridized carbons (Fsp3) is 0.391. The number of nitrogens with one attached hydrogen (secondary N) is 4. The maximum absolute atomic E-state index is 13.8. The average Bonchev–Trinajstić information content (AvgIpc) is 3.33. The van der Waals surface area contributed by atoms with Crippen LogP contribution in [0.2, 0.25) is 0 Å². The summed E-state index contributed by atoms with van der Waals surface area (Å²) >= 11 is 0. The van der Waals surface area contributed by atoms with Crippen LogP contribution in [0.4, 0.5) is 0 Å². The van der Waals surface area contributed by atoms with Gasteiger partial charge in [0, 0.05) is 28.8 Å². The summed E-state index contributed by atoms with van der Waals surface area (Å²) in [5.41, 5.74) is 0.908. The molecule has 19 heteroatoms. The average molecular weight is 901 g/mol. The van der Waals surface area contributed by atoms with E-state index in [1.54, 1.807) is 84.9 Å². The molecular formula is C46H52N4O15. The molecule has 19 nitrogen and oxygen atoms in total. The van der Waals surface area contributed by atoms with Crippen LogP contribution in [0, 0.1) is 0 Å². The molecule has 1 saturated carbocycles. The summed E-state index contributed by atoms with van der Waals surface area (Å²) in [5, 5.41) is 89.5. The van der Waals surface area contributed by atoms with Gasteiger partial charge >= 0.3 is 0 Å². The zero-order valence-corrected chi connectivity index (χ0v) is 34.7. The number of carbonyl (C=O) groups excluding carboxylic acids is 4. The Bertz CT molecular complexity index is 2200. The number of rotatable bonds is 14. The zero-order chi connectivity index (χ0) is 46.2. The number of benzene rings is 4. The lowest BCUT2D eigenvalue weighted by molar-refractivity contribution is -0.334. The fourth-order valence-corrected chi connectivity index (χ4v) is 8.11. The molecule has 3 fully saturated rings. The number of aliphatic hydroxyl groups excluding tert-OH is 7. The van der Waals surface area contributed by atoms with E-state index in [1.807, 2.05) is 0 Å². The van der Waals surface area contributed by atoms with Crippen LogP contribution in [0.15, 0.2) is 121 Å². The molecule has 2 aliphatic heterocycles. The van der Waals surface area contributed by atoms with E-state index in [9.17, 15) is 54.9 Å². The lowest BCUT2D eigenvalue weighted by atomic mass is 9.82. The highest BCUT2D eigenvalue weighted by atomic mass is 16.7. The summed E-state index contributed by atoms with van der Waals surface area (Å²) < 4.78 is 24.3. The Hall–Kier alpha value is -5.68. The maximum atomic E-state index is 13.8. The first-order valence-electron chi connectivity index (χ1n) is 21.1. The van der Waals surface area contributed by atoms with Gasteiger partial charge in [0.1, 0.15) is 61.0 Å². The van der Waals surface area contributed by atoms with Gasteiger partial charge in [-0.2, -0.15) is 0 Å². The molecule has 0 aromatic heterocycles. The molecule has 7 rings (SSSR count). The van der Waals surface area contributed by atoms with E-state index in [1.165, 1.54) is 36.4 Å². The van der Waals surface area contributed by atoms with Crippen LogP contribution in [-0.2, 0) is 18.9 Å². The summed E-state index contributed by atoms with van der Waals surface area (Å²) in [6.07, 6.45) is -21.0. The van der Waals surface area contributed by atoms with E-state index in [0.717, 1.165) is 0 Å². The summed E-state index contributed by atoms with van der Waals surface area (Å²) in [5.74, 6) is -2.47. The molecule has 0 radical (unpaired) electrons. The summed E-state index contributed by atoms with van der Waals surface area (Å²) in [6, 6.07) is 28.1. The van der Waals surface area contributed by atoms with Gasteiger partial charge in [-0.05, 0) is 55.0 Å². The molecule has 2 heterocycles. The van der Waals surface area contributed by atoms with Gasteiger partial charge < -0.3 is 76.0 Å². The van der Waals surface area contributed by atoms with Crippen molar-refractivity contribution < 1.29 is 73.9 Å². The third-order valence-electron chi connectivity index (χ3n) is 11.6. The zero-order valence-electron chi connectivity index (χ0n) is 34.7. The Morgan fingerprint density at radius 2 is 0.877 bits per heavy atom. The molecule has 0 bridgehead atoms. The Kier molecular flexibility index (Phi) is 15.7. The molecule has 11 N–H and O–H groups in total. The molecule has 0 unspecified atom stereocenters. The topological polar surface area (TPSA) is 295 Å². The van der Waals surface area contributed by atoms with Crippen molar-refractivity contribution in [2.75, 3.05) is 13.2 Å². The third kappa shape index (κ3) is 11.1. The van der Waals surface area contributed by atoms with Crippen molar-refractivity contribution in [2.45, 2.75) is 98.2 Å². The Morgan fingerprint density at radius 1 is 0.477 bits per heavy atom. The Morgan fingerprint density at radius 3 is 1.32 bits per heavy atom. The summed E-state index contributed by atoms with van der Waals surface area (Å²) in [4.78, 5) is 53.6. The molecule has 4 aromatic rings. The highest BCUT2D eigenvalue weighted by Crippen LogP contribution is 2.33. The highest BCUT2D eigenvalue weighted by molar-refractivity contribution is 5.96. The molecule has 4 aromatic carbocycles. The minimum Gasteiger partial charge on any atom is -0.394 e. The molecule has 1 aliphatic carbocycles. The molecule has 65 heavy (non-hydrogen) atoms. The van der Waals surface area contributed by atoms with Gasteiger partial charge in [-0.15, -0.1) is 0 Å². The largest absolute Gasteiger partial charge is 0.394 e. The fourth-order valence-electron chi connectivity index (χ4n) is 8.11. The molecule has 3 aliphatic rings. The van der Waals surface area contributed by atoms with Crippen LogP contribution in [0.5, 0.6) is 0 Å². The van der Waals surface area contributed by atoms with Crippen molar-refractivity contribution >= 4 is 23.6 Å². The van der Waals surface area contributed by atoms with E-state index in [2.05, 4.69) is 21.3 Å². The van der Waals surface area contributed by atoms with Gasteiger partial charge in [-0.3, -0.25) is 19.2 Å². The Labute approximate surface area is 372 Å². The van der Waals surface area contributed by atoms with Crippen molar-refractivity contribution in [3.63, 3.8) is 0 Å². The van der Waals surface area contributed by atoms with E-state index in [0.29, 0.717) is 5.56 Å². The molecule has 346 valence electrons. The third-order valence-corrected chi connectivity index (χ3v) is 11.6. The number of hydrogen-bond donors (Lipinski definition) is 11. The highest BCUT2D eigenvalue weighted by Gasteiger charge is 2.54. The number of hydrogen-bond acceptors (Lipinski definition) is 15. The van der Waals surface area contributed by atoms with Crippen LogP contribution >= 0.6 is 0 Å². The monoisotopic (exact) mass is 900 g/mol. The lowest BCUT2D eigenvalue weighted by Crippen LogP contribution is -2.70. The van der Waals surface area contributed by atoms with Crippen molar-refractivity contribution in [1.82, 2.24) is 21.3 Å². The minimum atomic E-state index is -1.96. The van der Waals surface area contributed by atoms with Crippen LogP contribution in [0.25, 0.3) is 0 Å². The quantitative estimate of drug-likeness (QED) is 0.0694. The predicted octanol–water partition coefficient (Wildman–Crippen LogP) is -1.41. The molecular weight excluding hydrogens is 849 g/mol. The van der Waals surface area contributed by atoms with E-state index in [4.69, 9.17) is 18.9 Å². The van der Waals surface area contributed by atoms with Gasteiger partial charge in [0.15, 0.2) is 12.6 Å². The second-order valence-electron chi connectivity index (χ2n) is 16.0. The molecule has 2 saturated heterocycles. The normalized spacial score (nSPS) is 32.4. The number of aliphatic hydroxyl groups is 7. The summed E-state index contributed by atoms with van der Waals surface area (Å²) in [7, 11) is 0. The maximum Gasteiger partial charge on any atom is 0.251 e. The first-order valence-corrected chi connectivity index (χ1v) is 21.1. The van der Waals surface area contributed by atoms with Crippen molar-refractivity contribution in [1.29, 1.82) is 0 Å². The van der Waals surface area contributed by atoms with Gasteiger partial charge in [-0.25, -0.2) is 0 Å². The van der Waals surface area contributed by atoms with E-state index < -0.39 is 122 Å². The molecule has 0 spiro atoms. The first-order chi connectivity index (χ1) is 31.3. The van der Waals surface area contributed by atoms with Crippen LogP contribution < -0.4 is 21.3 Å². The number of amides is 4. The molecule has 15 atom stereocenters. The van der Waals surface area contributed by atoms with Gasteiger partial charge in [0.25, 0.3) is 23.6 Å². The van der Waals surface area contributed by atoms with Crippen molar-refractivity contribution in [3.8, 4) is 0 Å².